The number of carbonyl (C=O) groups excluding carboxylic acids is 1. The lowest BCUT2D eigenvalue weighted by Crippen LogP contribution is -2.24. The number of benzene rings is 1. The summed E-state index contributed by atoms with van der Waals surface area (Å²) in [5.74, 6) is 0.312. The van der Waals surface area contributed by atoms with E-state index in [9.17, 15) is 4.79 Å². The van der Waals surface area contributed by atoms with Crippen molar-refractivity contribution in [3.8, 4) is 0 Å². The van der Waals surface area contributed by atoms with E-state index in [4.69, 9.17) is 4.74 Å². The molecule has 0 spiro atoms. The van der Waals surface area contributed by atoms with E-state index in [0.29, 0.717) is 18.0 Å². The fourth-order valence-corrected chi connectivity index (χ4v) is 1.62. The monoisotopic (exact) mass is 230 g/mol. The van der Waals surface area contributed by atoms with Gasteiger partial charge in [-0.1, -0.05) is 18.2 Å². The highest BCUT2D eigenvalue weighted by atomic mass is 16.5. The summed E-state index contributed by atoms with van der Waals surface area (Å²) >= 11 is 0. The standard InChI is InChI=1S/C13H14N2O2/c1-15-9-8-11(13(15)16)12(17-2)14-10-6-4-3-5-7-10/h3-8H,9H2,1-2H3/b14-12-. The second kappa shape index (κ2) is 4.82. The quantitative estimate of drug-likeness (QED) is 0.574. The topological polar surface area (TPSA) is 41.9 Å². The molecule has 1 amide bonds. The molecule has 1 aromatic rings. The van der Waals surface area contributed by atoms with Crippen molar-refractivity contribution in [2.45, 2.75) is 0 Å². The Labute approximate surface area is 100 Å². The molecule has 0 atom stereocenters. The van der Waals surface area contributed by atoms with Gasteiger partial charge in [0.2, 0.25) is 5.90 Å². The molecule has 88 valence electrons. The maximum atomic E-state index is 11.8. The molecular formula is C13H14N2O2. The van der Waals surface area contributed by atoms with Crippen LogP contribution in [0.2, 0.25) is 0 Å². The zero-order chi connectivity index (χ0) is 12.3. The van der Waals surface area contributed by atoms with Crippen LogP contribution in [0.15, 0.2) is 47.0 Å². The Kier molecular flexibility index (Phi) is 3.23. The lowest BCUT2D eigenvalue weighted by molar-refractivity contribution is -0.123. The van der Waals surface area contributed by atoms with Gasteiger partial charge in [-0.3, -0.25) is 4.79 Å². The number of rotatable bonds is 2. The van der Waals surface area contributed by atoms with Crippen molar-refractivity contribution in [2.24, 2.45) is 4.99 Å². The van der Waals surface area contributed by atoms with Gasteiger partial charge in [0.25, 0.3) is 5.91 Å². The number of hydrogen-bond donors (Lipinski definition) is 0. The lowest BCUT2D eigenvalue weighted by atomic mass is 10.2. The van der Waals surface area contributed by atoms with E-state index in [1.165, 1.54) is 7.11 Å². The van der Waals surface area contributed by atoms with Crippen LogP contribution in [0.3, 0.4) is 0 Å². The Bertz CT molecular complexity index is 477. The third-order valence-electron chi connectivity index (χ3n) is 2.56. The summed E-state index contributed by atoms with van der Waals surface area (Å²) in [5.41, 5.74) is 1.30. The average Bonchev–Trinajstić information content (AvgIpc) is 2.69. The van der Waals surface area contributed by atoms with Crippen LogP contribution in [-0.4, -0.2) is 37.4 Å². The smallest absolute Gasteiger partial charge is 0.259 e. The molecule has 4 nitrogen and oxygen atoms in total. The van der Waals surface area contributed by atoms with Crippen molar-refractivity contribution in [2.75, 3.05) is 20.7 Å². The summed E-state index contributed by atoms with van der Waals surface area (Å²) in [6.45, 7) is 0.603. The second-order valence-electron chi connectivity index (χ2n) is 3.76. The largest absolute Gasteiger partial charge is 0.480 e. The maximum absolute atomic E-state index is 11.8. The minimum Gasteiger partial charge on any atom is -0.480 e. The fourth-order valence-electron chi connectivity index (χ4n) is 1.62. The number of methoxy groups -OCH3 is 1. The van der Waals surface area contributed by atoms with Crippen LogP contribution in [0.25, 0.3) is 0 Å². The van der Waals surface area contributed by atoms with Gasteiger partial charge < -0.3 is 9.64 Å². The number of nitrogens with zero attached hydrogens (tertiary/aromatic N) is 2. The molecule has 1 aliphatic heterocycles. The SMILES string of the molecule is CO/C(=N\c1ccccc1)C1=CCN(C)C1=O. The molecule has 0 fully saturated rings. The van der Waals surface area contributed by atoms with Gasteiger partial charge in [0.1, 0.15) is 0 Å². The Morgan fingerprint density at radius 2 is 2.06 bits per heavy atom. The van der Waals surface area contributed by atoms with Gasteiger partial charge in [0.05, 0.1) is 18.4 Å². The molecule has 4 heteroatoms. The van der Waals surface area contributed by atoms with Crippen molar-refractivity contribution in [1.82, 2.24) is 4.90 Å². The molecule has 0 unspecified atom stereocenters. The number of ether oxygens (including phenoxy) is 1. The summed E-state index contributed by atoms with van der Waals surface area (Å²) in [4.78, 5) is 17.7. The van der Waals surface area contributed by atoms with Gasteiger partial charge in [0.15, 0.2) is 0 Å². The van der Waals surface area contributed by atoms with Crippen molar-refractivity contribution < 1.29 is 9.53 Å². The molecule has 0 aliphatic carbocycles. The van der Waals surface area contributed by atoms with E-state index in [2.05, 4.69) is 4.99 Å². The van der Waals surface area contributed by atoms with Gasteiger partial charge >= 0.3 is 0 Å². The molecule has 0 N–H and O–H groups in total. The molecule has 1 heterocycles. The average molecular weight is 230 g/mol. The minimum atomic E-state index is -0.0541. The molecule has 0 bridgehead atoms. The number of amides is 1. The van der Waals surface area contributed by atoms with Crippen LogP contribution >= 0.6 is 0 Å². The van der Waals surface area contributed by atoms with Crippen LogP contribution < -0.4 is 0 Å². The van der Waals surface area contributed by atoms with Crippen molar-refractivity contribution >= 4 is 17.5 Å². The highest BCUT2D eigenvalue weighted by Crippen LogP contribution is 2.17. The molecule has 0 saturated carbocycles. The molecular weight excluding hydrogens is 216 g/mol. The summed E-state index contributed by atoms with van der Waals surface area (Å²) in [5, 5.41) is 0. The van der Waals surface area contributed by atoms with Crippen LogP contribution in [0, 0.1) is 0 Å². The summed E-state index contributed by atoms with van der Waals surface area (Å²) in [7, 11) is 3.27. The summed E-state index contributed by atoms with van der Waals surface area (Å²) < 4.78 is 5.19. The van der Waals surface area contributed by atoms with Crippen LogP contribution in [0.4, 0.5) is 5.69 Å². The number of aliphatic imine (C=N–C) groups is 1. The number of likely N-dealkylation sites (N-methyl/N-ethyl adjacent to an activating group) is 1. The van der Waals surface area contributed by atoms with Gasteiger partial charge in [0, 0.05) is 13.6 Å². The van der Waals surface area contributed by atoms with E-state index in [-0.39, 0.29) is 5.91 Å². The predicted molar refractivity (Wildman–Crippen MR) is 66.3 cm³/mol. The first-order valence-corrected chi connectivity index (χ1v) is 5.36. The Balaban J connectivity index is 2.29. The fraction of sp³-hybridized carbons (Fsp3) is 0.231. The van der Waals surface area contributed by atoms with Crippen LogP contribution in [-0.2, 0) is 9.53 Å². The number of hydrogen-bond acceptors (Lipinski definition) is 3. The number of carbonyl (C=O) groups is 1. The third-order valence-corrected chi connectivity index (χ3v) is 2.56. The first kappa shape index (κ1) is 11.4. The normalized spacial score (nSPS) is 16.1. The predicted octanol–water partition coefficient (Wildman–Crippen LogP) is 1.76. The highest BCUT2D eigenvalue weighted by Gasteiger charge is 2.25. The molecule has 0 saturated heterocycles. The highest BCUT2D eigenvalue weighted by molar-refractivity contribution is 6.20. The van der Waals surface area contributed by atoms with Crippen LogP contribution in [0.5, 0.6) is 0 Å². The van der Waals surface area contributed by atoms with Gasteiger partial charge in [-0.25, -0.2) is 4.99 Å². The first-order valence-electron chi connectivity index (χ1n) is 5.36. The van der Waals surface area contributed by atoms with E-state index in [1.807, 2.05) is 36.4 Å². The second-order valence-corrected chi connectivity index (χ2v) is 3.76. The van der Waals surface area contributed by atoms with E-state index in [1.54, 1.807) is 11.9 Å². The summed E-state index contributed by atoms with van der Waals surface area (Å²) in [6.07, 6.45) is 1.83. The Morgan fingerprint density at radius 1 is 1.35 bits per heavy atom. The zero-order valence-corrected chi connectivity index (χ0v) is 9.88. The van der Waals surface area contributed by atoms with Crippen LogP contribution in [0.1, 0.15) is 0 Å². The molecule has 2 rings (SSSR count). The molecule has 1 aliphatic rings. The van der Waals surface area contributed by atoms with Gasteiger partial charge in [-0.15, -0.1) is 0 Å². The minimum absolute atomic E-state index is 0.0541. The Hall–Kier alpha value is -2.10. The van der Waals surface area contributed by atoms with E-state index in [0.717, 1.165) is 5.69 Å². The first-order chi connectivity index (χ1) is 8.22. The zero-order valence-electron chi connectivity index (χ0n) is 9.88. The van der Waals surface area contributed by atoms with Crippen molar-refractivity contribution in [3.63, 3.8) is 0 Å². The Morgan fingerprint density at radius 3 is 2.59 bits per heavy atom. The molecule has 0 aromatic heterocycles. The van der Waals surface area contributed by atoms with Gasteiger partial charge in [-0.05, 0) is 18.2 Å². The molecule has 1 aromatic carbocycles. The lowest BCUT2D eigenvalue weighted by Gasteiger charge is -2.09. The molecule has 17 heavy (non-hydrogen) atoms. The van der Waals surface area contributed by atoms with Crippen molar-refractivity contribution in [1.29, 1.82) is 0 Å². The van der Waals surface area contributed by atoms with E-state index < -0.39 is 0 Å². The third kappa shape index (κ3) is 2.36. The summed E-state index contributed by atoms with van der Waals surface area (Å²) in [6, 6.07) is 9.43. The maximum Gasteiger partial charge on any atom is 0.259 e. The van der Waals surface area contributed by atoms with Crippen molar-refractivity contribution in [3.05, 3.63) is 42.0 Å². The number of para-hydroxylation sites is 1. The van der Waals surface area contributed by atoms with Gasteiger partial charge in [-0.2, -0.15) is 0 Å². The molecule has 0 radical (unpaired) electrons. The van der Waals surface area contributed by atoms with E-state index >= 15 is 0 Å².